The molecule has 1 aliphatic heterocycles. The summed E-state index contributed by atoms with van der Waals surface area (Å²) in [6, 6.07) is 5.94. The molecule has 0 saturated heterocycles. The van der Waals surface area contributed by atoms with Crippen LogP contribution in [0.15, 0.2) is 28.9 Å². The van der Waals surface area contributed by atoms with Crippen LogP contribution in [0.5, 0.6) is 5.75 Å². The first-order valence-electron chi connectivity index (χ1n) is 3.83. The molecule has 12 heavy (non-hydrogen) atoms. The van der Waals surface area contributed by atoms with Crippen LogP contribution in [0.3, 0.4) is 0 Å². The van der Waals surface area contributed by atoms with Gasteiger partial charge in [-0.05, 0) is 12.1 Å². The lowest BCUT2D eigenvalue weighted by Gasteiger charge is -1.94. The topological polar surface area (TPSA) is 34.4 Å². The minimum atomic E-state index is 0.774. The molecule has 1 aliphatic rings. The Morgan fingerprint density at radius 1 is 1.33 bits per heavy atom. The number of nitrogens with one attached hydrogen (secondary N) is 1. The summed E-state index contributed by atoms with van der Waals surface area (Å²) in [4.78, 5) is 5.17. The zero-order valence-electron chi connectivity index (χ0n) is 6.33. The third-order valence-electron chi connectivity index (χ3n) is 2.08. The summed E-state index contributed by atoms with van der Waals surface area (Å²) in [5.74, 6) is 0.873. The third kappa shape index (κ3) is 0.685. The SMILES string of the molecule is c1cc2cc3c(cc2o1)ONC3. The average molecular weight is 161 g/mol. The number of fused-ring (bicyclic) bond motifs is 2. The quantitative estimate of drug-likeness (QED) is 0.640. The van der Waals surface area contributed by atoms with Gasteiger partial charge in [0, 0.05) is 17.0 Å². The Morgan fingerprint density at radius 3 is 3.33 bits per heavy atom. The minimum Gasteiger partial charge on any atom is -0.464 e. The van der Waals surface area contributed by atoms with Gasteiger partial charge >= 0.3 is 0 Å². The number of rotatable bonds is 0. The zero-order chi connectivity index (χ0) is 7.97. The van der Waals surface area contributed by atoms with Crippen LogP contribution < -0.4 is 10.3 Å². The smallest absolute Gasteiger partial charge is 0.155 e. The van der Waals surface area contributed by atoms with Crippen LogP contribution in [0, 0.1) is 0 Å². The van der Waals surface area contributed by atoms with E-state index in [2.05, 4.69) is 11.5 Å². The monoisotopic (exact) mass is 161 g/mol. The molecule has 3 heteroatoms. The van der Waals surface area contributed by atoms with E-state index in [0.717, 1.165) is 23.3 Å². The fraction of sp³-hybridized carbons (Fsp3) is 0.111. The highest BCUT2D eigenvalue weighted by molar-refractivity contribution is 5.80. The van der Waals surface area contributed by atoms with Crippen molar-refractivity contribution in [1.29, 1.82) is 0 Å². The summed E-state index contributed by atoms with van der Waals surface area (Å²) in [5.41, 5.74) is 4.87. The zero-order valence-corrected chi connectivity index (χ0v) is 6.33. The highest BCUT2D eigenvalue weighted by Crippen LogP contribution is 2.28. The maximum atomic E-state index is 5.24. The predicted octanol–water partition coefficient (Wildman–Crippen LogP) is 1.83. The van der Waals surface area contributed by atoms with Crippen LogP contribution in [-0.2, 0) is 6.54 Å². The molecule has 1 N–H and O–H groups in total. The lowest BCUT2D eigenvalue weighted by molar-refractivity contribution is 0.224. The average Bonchev–Trinajstić information content (AvgIpc) is 2.64. The molecule has 0 bridgehead atoms. The number of hydrogen-bond donors (Lipinski definition) is 1. The van der Waals surface area contributed by atoms with Gasteiger partial charge in [0.05, 0.1) is 12.8 Å². The molecule has 0 fully saturated rings. The van der Waals surface area contributed by atoms with Gasteiger partial charge in [0.1, 0.15) is 5.58 Å². The third-order valence-corrected chi connectivity index (χ3v) is 2.08. The molecule has 2 heterocycles. The Hall–Kier alpha value is -1.48. The highest BCUT2D eigenvalue weighted by Gasteiger charge is 2.13. The first kappa shape index (κ1) is 6.08. The van der Waals surface area contributed by atoms with Gasteiger partial charge < -0.3 is 9.25 Å². The lowest BCUT2D eigenvalue weighted by Crippen LogP contribution is -2.07. The van der Waals surface area contributed by atoms with E-state index in [1.807, 2.05) is 12.1 Å². The largest absolute Gasteiger partial charge is 0.464 e. The molecular formula is C9H7NO2. The van der Waals surface area contributed by atoms with E-state index in [1.54, 1.807) is 6.26 Å². The van der Waals surface area contributed by atoms with Crippen LogP contribution >= 0.6 is 0 Å². The van der Waals surface area contributed by atoms with E-state index < -0.39 is 0 Å². The molecule has 3 rings (SSSR count). The Balaban J connectivity index is 2.38. The van der Waals surface area contributed by atoms with E-state index >= 15 is 0 Å². The molecule has 0 unspecified atom stereocenters. The fourth-order valence-corrected chi connectivity index (χ4v) is 1.46. The molecule has 1 aromatic heterocycles. The van der Waals surface area contributed by atoms with Crippen molar-refractivity contribution in [3.63, 3.8) is 0 Å². The Labute approximate surface area is 68.9 Å². The van der Waals surface area contributed by atoms with Crippen molar-refractivity contribution in [2.75, 3.05) is 0 Å². The standard InChI is InChI=1S/C9H7NO2/c1-2-11-8-4-9-7(3-6(1)8)5-10-12-9/h1-4,10H,5H2. The molecule has 2 aromatic rings. The molecule has 0 atom stereocenters. The van der Waals surface area contributed by atoms with Gasteiger partial charge in [-0.2, -0.15) is 5.48 Å². The Kier molecular flexibility index (Phi) is 1.02. The summed E-state index contributed by atoms with van der Waals surface area (Å²) in [6.45, 7) is 0.774. The van der Waals surface area contributed by atoms with Gasteiger partial charge in [-0.15, -0.1) is 0 Å². The highest BCUT2D eigenvalue weighted by atomic mass is 16.7. The van der Waals surface area contributed by atoms with Crippen LogP contribution in [-0.4, -0.2) is 0 Å². The summed E-state index contributed by atoms with van der Waals surface area (Å²) in [7, 11) is 0. The number of hydrogen-bond acceptors (Lipinski definition) is 3. The molecule has 60 valence electrons. The van der Waals surface area contributed by atoms with Gasteiger partial charge in [0.2, 0.25) is 0 Å². The van der Waals surface area contributed by atoms with E-state index in [9.17, 15) is 0 Å². The summed E-state index contributed by atoms with van der Waals surface area (Å²) in [5, 5.41) is 1.13. The van der Waals surface area contributed by atoms with Gasteiger partial charge in [0.25, 0.3) is 0 Å². The van der Waals surface area contributed by atoms with Gasteiger partial charge in [0.15, 0.2) is 5.75 Å². The van der Waals surface area contributed by atoms with Gasteiger partial charge in [-0.3, -0.25) is 0 Å². The normalized spacial score (nSPS) is 14.7. The minimum absolute atomic E-state index is 0.774. The van der Waals surface area contributed by atoms with E-state index in [-0.39, 0.29) is 0 Å². The first-order chi connectivity index (χ1) is 5.93. The van der Waals surface area contributed by atoms with Crippen molar-refractivity contribution in [1.82, 2.24) is 5.48 Å². The molecule has 0 aliphatic carbocycles. The number of hydroxylamine groups is 1. The Bertz CT molecular complexity index is 395. The Morgan fingerprint density at radius 2 is 2.33 bits per heavy atom. The second kappa shape index (κ2) is 2.01. The molecule has 0 amide bonds. The molecule has 0 spiro atoms. The first-order valence-corrected chi connectivity index (χ1v) is 3.83. The molecule has 1 aromatic carbocycles. The lowest BCUT2D eigenvalue weighted by atomic mass is 10.1. The summed E-state index contributed by atoms with van der Waals surface area (Å²) in [6.07, 6.45) is 1.69. The number of furan rings is 1. The summed E-state index contributed by atoms with van der Waals surface area (Å²) < 4.78 is 5.24. The van der Waals surface area contributed by atoms with Crippen LogP contribution in [0.25, 0.3) is 11.0 Å². The van der Waals surface area contributed by atoms with E-state index in [1.165, 1.54) is 5.56 Å². The van der Waals surface area contributed by atoms with Crippen molar-refractivity contribution in [2.24, 2.45) is 0 Å². The van der Waals surface area contributed by atoms with Crippen molar-refractivity contribution in [3.8, 4) is 5.75 Å². The van der Waals surface area contributed by atoms with Gasteiger partial charge in [-0.1, -0.05) is 0 Å². The van der Waals surface area contributed by atoms with Crippen LogP contribution in [0.1, 0.15) is 5.56 Å². The number of benzene rings is 1. The van der Waals surface area contributed by atoms with E-state index in [0.29, 0.717) is 0 Å². The van der Waals surface area contributed by atoms with E-state index in [4.69, 9.17) is 9.25 Å². The second-order valence-electron chi connectivity index (χ2n) is 2.84. The predicted molar refractivity (Wildman–Crippen MR) is 43.7 cm³/mol. The van der Waals surface area contributed by atoms with Crippen molar-refractivity contribution < 1.29 is 9.25 Å². The molecule has 3 nitrogen and oxygen atoms in total. The second-order valence-corrected chi connectivity index (χ2v) is 2.84. The maximum absolute atomic E-state index is 5.24. The van der Waals surface area contributed by atoms with Crippen molar-refractivity contribution in [3.05, 3.63) is 30.0 Å². The fourth-order valence-electron chi connectivity index (χ4n) is 1.46. The van der Waals surface area contributed by atoms with Crippen molar-refractivity contribution >= 4 is 11.0 Å². The van der Waals surface area contributed by atoms with Crippen LogP contribution in [0.4, 0.5) is 0 Å². The summed E-state index contributed by atoms with van der Waals surface area (Å²) >= 11 is 0. The molecule has 0 saturated carbocycles. The maximum Gasteiger partial charge on any atom is 0.155 e. The molecule has 0 radical (unpaired) electrons. The van der Waals surface area contributed by atoms with Crippen molar-refractivity contribution in [2.45, 2.75) is 6.54 Å². The van der Waals surface area contributed by atoms with Gasteiger partial charge in [-0.25, -0.2) is 0 Å². The van der Waals surface area contributed by atoms with Crippen LogP contribution in [0.2, 0.25) is 0 Å². The molecular weight excluding hydrogens is 154 g/mol.